The molecule has 3 atom stereocenters. The maximum atomic E-state index is 14.5. The molecule has 14 heteroatoms. The third-order valence-corrected chi connectivity index (χ3v) is 10.1. The fraction of sp³-hybridized carbons (Fsp3) is 0.429. The number of nitrogens with zero attached hydrogens (tertiary/aromatic N) is 6. The van der Waals surface area contributed by atoms with Crippen molar-refractivity contribution in [1.29, 1.82) is 5.26 Å². The van der Waals surface area contributed by atoms with E-state index in [1.54, 1.807) is 23.1 Å². The summed E-state index contributed by atoms with van der Waals surface area (Å²) in [4.78, 5) is 27.6. The molecule has 7 rings (SSSR count). The van der Waals surface area contributed by atoms with Crippen LogP contribution in [0.15, 0.2) is 53.7 Å². The zero-order chi connectivity index (χ0) is 34.7. The molecule has 1 amide bonds. The van der Waals surface area contributed by atoms with Crippen molar-refractivity contribution in [3.63, 3.8) is 0 Å². The van der Waals surface area contributed by atoms with E-state index in [1.165, 1.54) is 24.5 Å². The first-order chi connectivity index (χ1) is 23.4. The van der Waals surface area contributed by atoms with Gasteiger partial charge in [-0.15, -0.1) is 0 Å². The number of anilines is 2. The number of alkyl halides is 4. The molecule has 4 heterocycles. The number of furan rings is 1. The summed E-state index contributed by atoms with van der Waals surface area (Å²) >= 11 is 0. The van der Waals surface area contributed by atoms with E-state index in [0.717, 1.165) is 0 Å². The number of halogens is 4. The number of benzene rings is 2. The van der Waals surface area contributed by atoms with Crippen molar-refractivity contribution < 1.29 is 31.5 Å². The third-order valence-electron chi connectivity index (χ3n) is 10.1. The van der Waals surface area contributed by atoms with Crippen molar-refractivity contribution in [3.8, 4) is 23.2 Å². The molecule has 2 saturated heterocycles. The predicted molar refractivity (Wildman–Crippen MR) is 176 cm³/mol. The minimum Gasteiger partial charge on any atom is -0.463 e. The lowest BCUT2D eigenvalue weighted by Gasteiger charge is -2.41. The van der Waals surface area contributed by atoms with E-state index in [9.17, 15) is 27.6 Å². The van der Waals surface area contributed by atoms with Crippen LogP contribution in [-0.4, -0.2) is 89.9 Å². The monoisotopic (exact) mass is 677 g/mol. The second kappa shape index (κ2) is 12.2. The highest BCUT2D eigenvalue weighted by Gasteiger charge is 2.64. The molecule has 1 aliphatic carbocycles. The number of rotatable bonds is 8. The summed E-state index contributed by atoms with van der Waals surface area (Å²) in [6, 6.07) is 9.38. The minimum atomic E-state index is -4.46. The number of nitriles is 1. The highest BCUT2D eigenvalue weighted by molar-refractivity contribution is 6.14. The Bertz CT molecular complexity index is 1990. The summed E-state index contributed by atoms with van der Waals surface area (Å²) in [6.45, 7) is 4.88. The molecule has 2 aliphatic heterocycles. The van der Waals surface area contributed by atoms with Crippen LogP contribution in [0.5, 0.6) is 6.01 Å². The topological polar surface area (TPSA) is 125 Å². The van der Waals surface area contributed by atoms with Crippen LogP contribution in [0.1, 0.15) is 31.2 Å². The number of piperazine rings is 1. The molecule has 0 radical (unpaired) electrons. The zero-order valence-electron chi connectivity index (χ0n) is 26.8. The Kier molecular flexibility index (Phi) is 8.13. The van der Waals surface area contributed by atoms with Gasteiger partial charge in [0.05, 0.1) is 41.1 Å². The van der Waals surface area contributed by atoms with Gasteiger partial charge in [-0.25, -0.2) is 4.39 Å². The molecule has 49 heavy (non-hydrogen) atoms. The lowest BCUT2D eigenvalue weighted by atomic mass is 9.86. The molecule has 1 saturated carbocycles. The summed E-state index contributed by atoms with van der Waals surface area (Å²) in [7, 11) is 1.82. The van der Waals surface area contributed by atoms with Crippen LogP contribution in [-0.2, 0) is 10.2 Å². The fourth-order valence-corrected chi connectivity index (χ4v) is 7.36. The first kappa shape index (κ1) is 32.6. The number of aromatic nitrogens is 2. The number of hydrogen-bond acceptors (Lipinski definition) is 9. The van der Waals surface area contributed by atoms with Crippen molar-refractivity contribution in [2.45, 2.75) is 55.5 Å². The summed E-state index contributed by atoms with van der Waals surface area (Å²) in [6.07, 6.45) is -2.44. The van der Waals surface area contributed by atoms with E-state index in [4.69, 9.17) is 24.9 Å². The van der Waals surface area contributed by atoms with E-state index < -0.39 is 23.8 Å². The van der Waals surface area contributed by atoms with Crippen molar-refractivity contribution in [1.82, 2.24) is 19.8 Å². The van der Waals surface area contributed by atoms with Crippen molar-refractivity contribution in [2.24, 2.45) is 0 Å². The van der Waals surface area contributed by atoms with Gasteiger partial charge >= 0.3 is 12.2 Å². The van der Waals surface area contributed by atoms with Crippen LogP contribution in [0.4, 0.5) is 29.1 Å². The first-order valence-corrected chi connectivity index (χ1v) is 16.1. The predicted octanol–water partition coefficient (Wildman–Crippen LogP) is 5.76. The van der Waals surface area contributed by atoms with Gasteiger partial charge in [-0.3, -0.25) is 9.69 Å². The molecule has 3 aliphatic rings. The average molecular weight is 678 g/mol. The number of carbonyl (C=O) groups excluding carboxylic acids is 1. The summed E-state index contributed by atoms with van der Waals surface area (Å²) < 4.78 is 69.7. The molecular weight excluding hydrogens is 642 g/mol. The number of hydrogen-bond donors (Lipinski definition) is 1. The van der Waals surface area contributed by atoms with Crippen LogP contribution >= 0.6 is 0 Å². The van der Waals surface area contributed by atoms with Gasteiger partial charge in [0.25, 0.3) is 0 Å². The van der Waals surface area contributed by atoms with Gasteiger partial charge < -0.3 is 24.7 Å². The maximum absolute atomic E-state index is 14.5. The fourth-order valence-electron chi connectivity index (χ4n) is 7.36. The van der Waals surface area contributed by atoms with Crippen molar-refractivity contribution >= 4 is 39.3 Å². The molecule has 10 nitrogen and oxygen atoms in total. The first-order valence-electron chi connectivity index (χ1n) is 16.1. The number of fused-ring (bicyclic) bond motifs is 3. The lowest BCUT2D eigenvalue weighted by Crippen LogP contribution is -2.55. The van der Waals surface area contributed by atoms with E-state index in [2.05, 4.69) is 12.6 Å². The number of likely N-dealkylation sites (N-methyl/N-ethyl adjacent to an activating group) is 1. The maximum Gasteiger partial charge on any atom is 0.398 e. The highest BCUT2D eigenvalue weighted by Crippen LogP contribution is 2.61. The van der Waals surface area contributed by atoms with Gasteiger partial charge in [0.15, 0.2) is 0 Å². The number of amides is 1. The molecule has 256 valence electrons. The Morgan fingerprint density at radius 3 is 2.65 bits per heavy atom. The minimum absolute atomic E-state index is 0.00162. The number of ether oxygens (including phenoxy) is 1. The summed E-state index contributed by atoms with van der Waals surface area (Å²) in [5.41, 5.74) is 6.14. The Morgan fingerprint density at radius 1 is 1.18 bits per heavy atom. The van der Waals surface area contributed by atoms with E-state index >= 15 is 0 Å². The Hall–Kier alpha value is -4.90. The van der Waals surface area contributed by atoms with E-state index in [1.807, 2.05) is 16.8 Å². The molecular formula is C35H35F4N7O3. The van der Waals surface area contributed by atoms with Gasteiger partial charge in [0, 0.05) is 43.3 Å². The molecule has 0 bridgehead atoms. The molecule has 4 aromatic rings. The van der Waals surface area contributed by atoms with Crippen LogP contribution < -0.4 is 15.4 Å². The highest BCUT2D eigenvalue weighted by atomic mass is 19.4. The second-order valence-electron chi connectivity index (χ2n) is 13.1. The Balaban J connectivity index is 1.39. The molecule has 2 aromatic heterocycles. The van der Waals surface area contributed by atoms with Gasteiger partial charge in [-0.2, -0.15) is 28.4 Å². The lowest BCUT2D eigenvalue weighted by molar-refractivity contribution is -0.160. The van der Waals surface area contributed by atoms with Gasteiger partial charge in [-0.05, 0) is 73.3 Å². The molecule has 0 spiro atoms. The SMILES string of the molecule is C=CC(=O)N1CCN(c2nc(OC[C@@H]3C[C@@H](F)CN3C)nc3cc(-c4cc(N)ccc4C4(C(F)(F)F)CC4)c4ccoc4c23)C[C@@H]1CC#N. The number of carbonyl (C=O) groups is 1. The third kappa shape index (κ3) is 5.69. The zero-order valence-corrected chi connectivity index (χ0v) is 26.8. The van der Waals surface area contributed by atoms with Gasteiger partial charge in [0.1, 0.15) is 24.2 Å². The smallest absolute Gasteiger partial charge is 0.398 e. The second-order valence-corrected chi connectivity index (χ2v) is 13.1. The summed E-state index contributed by atoms with van der Waals surface area (Å²) in [5, 5.41) is 10.6. The molecule has 2 N–H and O–H groups in total. The van der Waals surface area contributed by atoms with Crippen LogP contribution in [0, 0.1) is 11.3 Å². The quantitative estimate of drug-likeness (QED) is 0.141. The van der Waals surface area contributed by atoms with Crippen molar-refractivity contribution in [2.75, 3.05) is 50.5 Å². The molecule has 3 fully saturated rings. The van der Waals surface area contributed by atoms with Crippen LogP contribution in [0.3, 0.4) is 0 Å². The number of nitrogen functional groups attached to an aromatic ring is 1. The van der Waals surface area contributed by atoms with E-state index in [0.29, 0.717) is 57.5 Å². The normalized spacial score (nSPS) is 22.4. The molecule has 0 unspecified atom stereocenters. The largest absolute Gasteiger partial charge is 0.463 e. The average Bonchev–Trinajstić information content (AvgIpc) is 3.63. The van der Waals surface area contributed by atoms with Crippen molar-refractivity contribution in [3.05, 3.63) is 54.8 Å². The number of nitrogens with two attached hydrogens (primary N) is 1. The van der Waals surface area contributed by atoms with Crippen LogP contribution in [0.2, 0.25) is 0 Å². The Labute approximate surface area is 279 Å². The number of likely N-dealkylation sites (tertiary alicyclic amines) is 1. The molecule has 2 aromatic carbocycles. The van der Waals surface area contributed by atoms with Crippen LogP contribution in [0.25, 0.3) is 33.0 Å². The van der Waals surface area contributed by atoms with E-state index in [-0.39, 0.29) is 69.0 Å². The Morgan fingerprint density at radius 2 is 1.98 bits per heavy atom. The van der Waals surface area contributed by atoms with Gasteiger partial charge in [0.2, 0.25) is 5.91 Å². The van der Waals surface area contributed by atoms with Gasteiger partial charge in [-0.1, -0.05) is 12.6 Å². The standard InChI is InChI=1S/C35H35F4N7O3/c1-3-29(47)46-12-11-45(18-22(46)6-10-40)32-30-28(42-33(43-32)49-19-23-14-20(36)17-44(23)2)16-25(24-7-13-48-31(24)30)26-15-21(41)4-5-27(26)34(8-9-34)35(37,38)39/h3-5,7,13,15-16,20,22-23H,1,6,8-9,11-12,14,17-19,41H2,2H3/t20-,22+,23+/m1/s1. The summed E-state index contributed by atoms with van der Waals surface area (Å²) in [5.74, 6) is 0.136.